The van der Waals surface area contributed by atoms with Crippen LogP contribution < -0.4 is 5.32 Å². The predicted molar refractivity (Wildman–Crippen MR) is 111 cm³/mol. The molecule has 0 saturated heterocycles. The number of thioether (sulfide) groups is 1. The van der Waals surface area contributed by atoms with Crippen LogP contribution in [0.2, 0.25) is 10.0 Å². The van der Waals surface area contributed by atoms with Crippen molar-refractivity contribution in [1.29, 1.82) is 0 Å². The normalized spacial score (nSPS) is 10.8. The molecule has 8 heteroatoms. The Morgan fingerprint density at radius 3 is 2.48 bits per heavy atom. The van der Waals surface area contributed by atoms with Gasteiger partial charge in [0.15, 0.2) is 5.16 Å². The number of amides is 1. The van der Waals surface area contributed by atoms with Crippen molar-refractivity contribution in [1.82, 2.24) is 14.8 Å². The van der Waals surface area contributed by atoms with Crippen LogP contribution in [0.1, 0.15) is 11.4 Å². The van der Waals surface area contributed by atoms with Gasteiger partial charge in [-0.2, -0.15) is 0 Å². The average Bonchev–Trinajstić information content (AvgIpc) is 2.98. The number of aromatic nitrogens is 3. The maximum atomic E-state index is 12.2. The van der Waals surface area contributed by atoms with Crippen molar-refractivity contribution in [3.8, 4) is 0 Å². The molecular formula is C19H18Cl2N4OS. The largest absolute Gasteiger partial charge is 0.325 e. The summed E-state index contributed by atoms with van der Waals surface area (Å²) < 4.78 is 1.93. The monoisotopic (exact) mass is 420 g/mol. The molecule has 140 valence electrons. The number of aryl methyl sites for hydroxylation is 2. The highest BCUT2D eigenvalue weighted by Crippen LogP contribution is 2.23. The van der Waals surface area contributed by atoms with Crippen molar-refractivity contribution < 1.29 is 4.79 Å². The lowest BCUT2D eigenvalue weighted by Gasteiger charge is -2.07. The van der Waals surface area contributed by atoms with Crippen molar-refractivity contribution >= 4 is 46.6 Å². The molecule has 1 heterocycles. The summed E-state index contributed by atoms with van der Waals surface area (Å²) in [7, 11) is 1.91. The molecule has 5 nitrogen and oxygen atoms in total. The number of hydrogen-bond donors (Lipinski definition) is 1. The van der Waals surface area contributed by atoms with Gasteiger partial charge in [-0.3, -0.25) is 4.79 Å². The molecule has 0 aliphatic rings. The van der Waals surface area contributed by atoms with Crippen LogP contribution in [0.25, 0.3) is 0 Å². The Morgan fingerprint density at radius 1 is 1.07 bits per heavy atom. The number of rotatable bonds is 7. The second kappa shape index (κ2) is 9.26. The molecule has 0 atom stereocenters. The van der Waals surface area contributed by atoms with E-state index < -0.39 is 0 Å². The summed E-state index contributed by atoms with van der Waals surface area (Å²) in [4.78, 5) is 12.2. The number of nitrogens with one attached hydrogen (secondary N) is 1. The standard InChI is InChI=1S/C19H18Cl2N4OS/c1-25-17(8-7-13-5-3-2-4-6-13)23-24-19(25)27-12-18(26)22-16-10-14(20)9-15(21)11-16/h2-6,9-11H,7-8,12H2,1H3,(H,22,26). The number of nitrogens with zero attached hydrogens (tertiary/aromatic N) is 3. The molecule has 0 aliphatic carbocycles. The van der Waals surface area contributed by atoms with E-state index in [1.807, 2.05) is 29.8 Å². The first-order valence-electron chi connectivity index (χ1n) is 8.32. The van der Waals surface area contributed by atoms with Gasteiger partial charge in [0.05, 0.1) is 5.75 Å². The fourth-order valence-corrected chi connectivity index (χ4v) is 3.80. The van der Waals surface area contributed by atoms with E-state index in [1.54, 1.807) is 18.2 Å². The summed E-state index contributed by atoms with van der Waals surface area (Å²) in [6.07, 6.45) is 1.69. The lowest BCUT2D eigenvalue weighted by Crippen LogP contribution is -2.14. The summed E-state index contributed by atoms with van der Waals surface area (Å²) in [5.41, 5.74) is 1.83. The van der Waals surface area contributed by atoms with Crippen LogP contribution in [0.5, 0.6) is 0 Å². The van der Waals surface area contributed by atoms with Crippen molar-refractivity contribution in [3.63, 3.8) is 0 Å². The van der Waals surface area contributed by atoms with Crippen LogP contribution in [0.3, 0.4) is 0 Å². The molecule has 1 N–H and O–H groups in total. The third-order valence-electron chi connectivity index (χ3n) is 3.88. The van der Waals surface area contributed by atoms with Crippen LogP contribution in [0, 0.1) is 0 Å². The fraction of sp³-hybridized carbons (Fsp3) is 0.211. The van der Waals surface area contributed by atoms with Gasteiger partial charge in [0, 0.05) is 29.2 Å². The molecule has 0 unspecified atom stereocenters. The van der Waals surface area contributed by atoms with E-state index in [-0.39, 0.29) is 11.7 Å². The molecule has 3 aromatic rings. The van der Waals surface area contributed by atoms with Crippen LogP contribution in [-0.2, 0) is 24.7 Å². The van der Waals surface area contributed by atoms with Crippen molar-refractivity contribution in [2.24, 2.45) is 7.05 Å². The van der Waals surface area contributed by atoms with Gasteiger partial charge in [0.2, 0.25) is 5.91 Å². The molecule has 0 aliphatic heterocycles. The van der Waals surface area contributed by atoms with E-state index >= 15 is 0 Å². The summed E-state index contributed by atoms with van der Waals surface area (Å²) in [6.45, 7) is 0. The minimum Gasteiger partial charge on any atom is -0.325 e. The van der Waals surface area contributed by atoms with Gasteiger partial charge in [0.1, 0.15) is 5.82 Å². The van der Waals surface area contributed by atoms with Gasteiger partial charge in [-0.25, -0.2) is 0 Å². The third kappa shape index (κ3) is 5.73. The third-order valence-corrected chi connectivity index (χ3v) is 5.34. The van der Waals surface area contributed by atoms with Gasteiger partial charge >= 0.3 is 0 Å². The molecular weight excluding hydrogens is 403 g/mol. The highest BCUT2D eigenvalue weighted by molar-refractivity contribution is 7.99. The van der Waals surface area contributed by atoms with Crippen LogP contribution in [0.15, 0.2) is 53.7 Å². The Morgan fingerprint density at radius 2 is 1.78 bits per heavy atom. The van der Waals surface area contributed by atoms with E-state index in [9.17, 15) is 4.79 Å². The zero-order valence-electron chi connectivity index (χ0n) is 14.7. The molecule has 0 fully saturated rings. The number of benzene rings is 2. The Balaban J connectivity index is 1.53. The van der Waals surface area contributed by atoms with Gasteiger partial charge in [-0.05, 0) is 30.2 Å². The highest BCUT2D eigenvalue weighted by Gasteiger charge is 2.12. The summed E-state index contributed by atoms with van der Waals surface area (Å²) in [5.74, 6) is 0.949. The fourth-order valence-electron chi connectivity index (χ4n) is 2.54. The minimum atomic E-state index is -0.160. The summed E-state index contributed by atoms with van der Waals surface area (Å²) >= 11 is 13.2. The predicted octanol–water partition coefficient (Wildman–Crippen LogP) is 4.64. The van der Waals surface area contributed by atoms with Gasteiger partial charge < -0.3 is 9.88 Å². The molecule has 27 heavy (non-hydrogen) atoms. The highest BCUT2D eigenvalue weighted by atomic mass is 35.5. The van der Waals surface area contributed by atoms with E-state index in [4.69, 9.17) is 23.2 Å². The summed E-state index contributed by atoms with van der Waals surface area (Å²) in [5, 5.41) is 12.9. The van der Waals surface area contributed by atoms with Crippen molar-refractivity contribution in [3.05, 3.63) is 70.0 Å². The summed E-state index contributed by atoms with van der Waals surface area (Å²) in [6, 6.07) is 15.2. The topological polar surface area (TPSA) is 59.8 Å². The van der Waals surface area contributed by atoms with Gasteiger partial charge in [0.25, 0.3) is 0 Å². The molecule has 0 radical (unpaired) electrons. The quantitative estimate of drug-likeness (QED) is 0.565. The molecule has 0 saturated carbocycles. The molecule has 1 aromatic heterocycles. The minimum absolute atomic E-state index is 0.160. The zero-order chi connectivity index (χ0) is 19.2. The zero-order valence-corrected chi connectivity index (χ0v) is 17.0. The van der Waals surface area contributed by atoms with E-state index in [0.29, 0.717) is 20.9 Å². The second-order valence-corrected chi connectivity index (χ2v) is 7.75. The smallest absolute Gasteiger partial charge is 0.234 e. The van der Waals surface area contributed by atoms with E-state index in [0.717, 1.165) is 18.7 Å². The Bertz CT molecular complexity index is 910. The first-order chi connectivity index (χ1) is 13.0. The maximum absolute atomic E-state index is 12.2. The van der Waals surface area contributed by atoms with Crippen molar-refractivity contribution in [2.45, 2.75) is 18.0 Å². The number of carbonyl (C=O) groups excluding carboxylic acids is 1. The number of carbonyl (C=O) groups is 1. The van der Waals surface area contributed by atoms with Crippen LogP contribution >= 0.6 is 35.0 Å². The second-order valence-electron chi connectivity index (χ2n) is 5.94. The Hall–Kier alpha value is -2.02. The maximum Gasteiger partial charge on any atom is 0.234 e. The number of hydrogen-bond acceptors (Lipinski definition) is 4. The van der Waals surface area contributed by atoms with Gasteiger partial charge in [-0.15, -0.1) is 10.2 Å². The molecule has 0 bridgehead atoms. The molecule has 1 amide bonds. The average molecular weight is 421 g/mol. The first kappa shape index (κ1) is 19.7. The SMILES string of the molecule is Cn1c(CCc2ccccc2)nnc1SCC(=O)Nc1cc(Cl)cc(Cl)c1. The number of anilines is 1. The first-order valence-corrected chi connectivity index (χ1v) is 10.1. The van der Waals surface area contributed by atoms with Crippen LogP contribution in [0.4, 0.5) is 5.69 Å². The molecule has 0 spiro atoms. The molecule has 3 rings (SSSR count). The number of halogens is 2. The van der Waals surface area contributed by atoms with E-state index in [2.05, 4.69) is 27.6 Å². The van der Waals surface area contributed by atoms with Crippen molar-refractivity contribution in [2.75, 3.05) is 11.1 Å². The lowest BCUT2D eigenvalue weighted by molar-refractivity contribution is -0.113. The van der Waals surface area contributed by atoms with Gasteiger partial charge in [-0.1, -0.05) is 65.3 Å². The van der Waals surface area contributed by atoms with E-state index in [1.165, 1.54) is 17.3 Å². The Kier molecular flexibility index (Phi) is 6.77. The lowest BCUT2D eigenvalue weighted by atomic mass is 10.1. The van der Waals surface area contributed by atoms with Crippen LogP contribution in [-0.4, -0.2) is 26.4 Å². The Labute approximate surface area is 172 Å². The molecule has 2 aromatic carbocycles.